The first-order valence-corrected chi connectivity index (χ1v) is 6.13. The Morgan fingerprint density at radius 1 is 1.33 bits per heavy atom. The van der Waals surface area contributed by atoms with E-state index in [0.29, 0.717) is 0 Å². The van der Waals surface area contributed by atoms with Crippen LogP contribution in [0.2, 0.25) is 0 Å². The van der Waals surface area contributed by atoms with E-state index in [2.05, 4.69) is 19.2 Å². The Morgan fingerprint density at radius 3 is 2.61 bits per heavy atom. The van der Waals surface area contributed by atoms with Crippen molar-refractivity contribution in [1.29, 1.82) is 0 Å². The van der Waals surface area contributed by atoms with Crippen molar-refractivity contribution in [3.8, 4) is 0 Å². The standard InChI is InChI=1S/C14H17F2NO/c1-14(2)6-5-10(8-14)17-13(18)9-3-4-11(15)12(16)7-9/h3-4,7,10H,5-6,8H2,1-2H3,(H,17,18). The Hall–Kier alpha value is -1.45. The molecule has 18 heavy (non-hydrogen) atoms. The number of nitrogens with one attached hydrogen (secondary N) is 1. The van der Waals surface area contributed by atoms with Gasteiger partial charge in [-0.15, -0.1) is 0 Å². The quantitative estimate of drug-likeness (QED) is 0.861. The van der Waals surface area contributed by atoms with Gasteiger partial charge >= 0.3 is 0 Å². The number of hydrogen-bond donors (Lipinski definition) is 1. The van der Waals surface area contributed by atoms with E-state index in [9.17, 15) is 13.6 Å². The molecule has 2 nitrogen and oxygen atoms in total. The van der Waals surface area contributed by atoms with Crippen molar-refractivity contribution in [3.63, 3.8) is 0 Å². The minimum absolute atomic E-state index is 0.126. The van der Waals surface area contributed by atoms with Crippen LogP contribution in [0, 0.1) is 17.0 Å². The minimum Gasteiger partial charge on any atom is -0.349 e. The lowest BCUT2D eigenvalue weighted by molar-refractivity contribution is 0.0935. The van der Waals surface area contributed by atoms with Gasteiger partial charge in [0.1, 0.15) is 0 Å². The van der Waals surface area contributed by atoms with Gasteiger partial charge in [0.05, 0.1) is 0 Å². The van der Waals surface area contributed by atoms with Gasteiger partial charge in [-0.3, -0.25) is 4.79 Å². The molecule has 2 rings (SSSR count). The Kier molecular flexibility index (Phi) is 3.37. The van der Waals surface area contributed by atoms with Crippen molar-refractivity contribution in [2.75, 3.05) is 0 Å². The second kappa shape index (κ2) is 4.67. The van der Waals surface area contributed by atoms with Crippen LogP contribution in [0.25, 0.3) is 0 Å². The van der Waals surface area contributed by atoms with Gasteiger partial charge in [-0.2, -0.15) is 0 Å². The van der Waals surface area contributed by atoms with Crippen LogP contribution >= 0.6 is 0 Å². The molecule has 0 spiro atoms. The first kappa shape index (κ1) is 13.0. The average molecular weight is 253 g/mol. The number of rotatable bonds is 2. The van der Waals surface area contributed by atoms with Crippen LogP contribution in [-0.2, 0) is 0 Å². The van der Waals surface area contributed by atoms with Gasteiger partial charge in [-0.05, 0) is 42.9 Å². The van der Waals surface area contributed by atoms with Crippen LogP contribution in [0.1, 0.15) is 43.5 Å². The SMILES string of the molecule is CC1(C)CCC(NC(=O)c2ccc(F)c(F)c2)C1. The van der Waals surface area contributed by atoms with E-state index in [1.54, 1.807) is 0 Å². The Morgan fingerprint density at radius 2 is 2.06 bits per heavy atom. The predicted molar refractivity (Wildman–Crippen MR) is 65.2 cm³/mol. The normalized spacial score (nSPS) is 21.9. The topological polar surface area (TPSA) is 29.1 Å². The third-order valence-electron chi connectivity index (χ3n) is 3.49. The van der Waals surface area contributed by atoms with Crippen LogP contribution in [0.3, 0.4) is 0 Å². The Labute approximate surface area is 105 Å². The summed E-state index contributed by atoms with van der Waals surface area (Å²) in [5.41, 5.74) is 0.407. The summed E-state index contributed by atoms with van der Waals surface area (Å²) < 4.78 is 25.8. The Balaban J connectivity index is 2.02. The molecule has 1 amide bonds. The molecule has 4 heteroatoms. The van der Waals surface area contributed by atoms with Crippen molar-refractivity contribution in [2.24, 2.45) is 5.41 Å². The van der Waals surface area contributed by atoms with E-state index in [-0.39, 0.29) is 22.9 Å². The number of amides is 1. The van der Waals surface area contributed by atoms with E-state index >= 15 is 0 Å². The molecule has 1 unspecified atom stereocenters. The first-order chi connectivity index (χ1) is 8.37. The molecule has 0 aromatic heterocycles. The molecule has 0 radical (unpaired) electrons. The van der Waals surface area contributed by atoms with Crippen molar-refractivity contribution in [3.05, 3.63) is 35.4 Å². The smallest absolute Gasteiger partial charge is 0.251 e. The highest BCUT2D eigenvalue weighted by Crippen LogP contribution is 2.36. The third-order valence-corrected chi connectivity index (χ3v) is 3.49. The number of carbonyl (C=O) groups is 1. The molecule has 0 aliphatic heterocycles. The summed E-state index contributed by atoms with van der Waals surface area (Å²) in [4.78, 5) is 11.9. The second-order valence-electron chi connectivity index (χ2n) is 5.71. The highest BCUT2D eigenvalue weighted by molar-refractivity contribution is 5.94. The molecule has 0 bridgehead atoms. The summed E-state index contributed by atoms with van der Waals surface area (Å²) in [6.45, 7) is 4.33. The molecular formula is C14H17F2NO. The molecule has 1 atom stereocenters. The predicted octanol–water partition coefficient (Wildman–Crippen LogP) is 3.27. The summed E-state index contributed by atoms with van der Waals surface area (Å²) in [5.74, 6) is -2.26. The van der Waals surface area contributed by atoms with E-state index in [1.165, 1.54) is 6.07 Å². The lowest BCUT2D eigenvalue weighted by Gasteiger charge is -2.17. The molecule has 1 saturated carbocycles. The van der Waals surface area contributed by atoms with Crippen LogP contribution in [0.5, 0.6) is 0 Å². The van der Waals surface area contributed by atoms with Crippen molar-refractivity contribution < 1.29 is 13.6 Å². The number of carbonyl (C=O) groups excluding carboxylic acids is 1. The summed E-state index contributed by atoms with van der Waals surface area (Å²) in [6, 6.07) is 3.34. The first-order valence-electron chi connectivity index (χ1n) is 6.13. The molecule has 1 N–H and O–H groups in total. The van der Waals surface area contributed by atoms with Crippen LogP contribution in [0.4, 0.5) is 8.78 Å². The van der Waals surface area contributed by atoms with Gasteiger partial charge in [0.15, 0.2) is 11.6 Å². The Bertz CT molecular complexity index is 471. The van der Waals surface area contributed by atoms with Gasteiger partial charge in [0.2, 0.25) is 0 Å². The molecule has 1 aliphatic rings. The highest BCUT2D eigenvalue weighted by Gasteiger charge is 2.31. The number of halogens is 2. The van der Waals surface area contributed by atoms with Gasteiger partial charge in [-0.25, -0.2) is 8.78 Å². The molecule has 1 aromatic carbocycles. The molecule has 0 heterocycles. The fourth-order valence-corrected chi connectivity index (χ4v) is 2.47. The number of hydrogen-bond acceptors (Lipinski definition) is 1. The highest BCUT2D eigenvalue weighted by atomic mass is 19.2. The zero-order valence-corrected chi connectivity index (χ0v) is 10.6. The van der Waals surface area contributed by atoms with E-state index < -0.39 is 11.6 Å². The largest absolute Gasteiger partial charge is 0.349 e. The maximum absolute atomic E-state index is 13.0. The van der Waals surface area contributed by atoms with E-state index in [1.807, 2.05) is 0 Å². The third kappa shape index (κ3) is 2.86. The fourth-order valence-electron chi connectivity index (χ4n) is 2.47. The van der Waals surface area contributed by atoms with Crippen molar-refractivity contribution >= 4 is 5.91 Å². The van der Waals surface area contributed by atoms with Crippen LogP contribution in [0.15, 0.2) is 18.2 Å². The average Bonchev–Trinajstić information content (AvgIpc) is 2.62. The van der Waals surface area contributed by atoms with Crippen LogP contribution < -0.4 is 5.32 Å². The molecular weight excluding hydrogens is 236 g/mol. The maximum atomic E-state index is 13.0. The van der Waals surface area contributed by atoms with Crippen molar-refractivity contribution in [2.45, 2.75) is 39.2 Å². The minimum atomic E-state index is -0.991. The summed E-state index contributed by atoms with van der Waals surface area (Å²) in [7, 11) is 0. The lowest BCUT2D eigenvalue weighted by Crippen LogP contribution is -2.33. The van der Waals surface area contributed by atoms with E-state index in [0.717, 1.165) is 31.4 Å². The summed E-state index contributed by atoms with van der Waals surface area (Å²) >= 11 is 0. The van der Waals surface area contributed by atoms with Gasteiger partial charge < -0.3 is 5.32 Å². The monoisotopic (exact) mass is 253 g/mol. The summed E-state index contributed by atoms with van der Waals surface area (Å²) in [6.07, 6.45) is 2.92. The zero-order chi connectivity index (χ0) is 13.3. The van der Waals surface area contributed by atoms with Crippen molar-refractivity contribution in [1.82, 2.24) is 5.32 Å². The molecule has 1 aliphatic carbocycles. The molecule has 1 aromatic rings. The fraction of sp³-hybridized carbons (Fsp3) is 0.500. The zero-order valence-electron chi connectivity index (χ0n) is 10.6. The second-order valence-corrected chi connectivity index (χ2v) is 5.71. The van der Waals surface area contributed by atoms with Crippen LogP contribution in [-0.4, -0.2) is 11.9 Å². The summed E-state index contributed by atoms with van der Waals surface area (Å²) in [5, 5.41) is 2.87. The maximum Gasteiger partial charge on any atom is 0.251 e. The molecule has 0 saturated heterocycles. The lowest BCUT2D eigenvalue weighted by atomic mass is 9.92. The molecule has 98 valence electrons. The van der Waals surface area contributed by atoms with E-state index in [4.69, 9.17) is 0 Å². The molecule has 1 fully saturated rings. The van der Waals surface area contributed by atoms with Gasteiger partial charge in [-0.1, -0.05) is 13.8 Å². The van der Waals surface area contributed by atoms with Gasteiger partial charge in [0, 0.05) is 11.6 Å². The van der Waals surface area contributed by atoms with Gasteiger partial charge in [0.25, 0.3) is 5.91 Å². The number of benzene rings is 1.